The van der Waals surface area contributed by atoms with Gasteiger partial charge in [-0.2, -0.15) is 10.2 Å². The first-order valence-electron chi connectivity index (χ1n) is 13.0. The second-order valence-corrected chi connectivity index (χ2v) is 9.18. The third-order valence-electron chi connectivity index (χ3n) is 6.61. The van der Waals surface area contributed by atoms with Crippen LogP contribution in [0.4, 0.5) is 0 Å². The third-order valence-corrected chi connectivity index (χ3v) is 6.61. The zero-order valence-corrected chi connectivity index (χ0v) is 21.4. The molecule has 5 aromatic carbocycles. The van der Waals surface area contributed by atoms with Crippen molar-refractivity contribution in [3.8, 4) is 0 Å². The summed E-state index contributed by atoms with van der Waals surface area (Å²) in [5.41, 5.74) is 9.59. The standard InChI is InChI=1S/C35H26N4/c1-5-15-26(16-6-1)34(27-17-7-2-8-18-27)38-36-32-25-33(31-24-14-13-23-30(31)32)37-39-35(28-19-9-3-10-20-28)29-21-11-4-12-22-29/h1-24H,25H2/b36-32-,37-33+. The van der Waals surface area contributed by atoms with E-state index >= 15 is 0 Å². The lowest BCUT2D eigenvalue weighted by Gasteiger charge is -2.06. The smallest absolute Gasteiger partial charge is 0.100 e. The Kier molecular flexibility index (Phi) is 7.08. The van der Waals surface area contributed by atoms with Crippen LogP contribution in [0.5, 0.6) is 0 Å². The number of hydrogen-bond donors (Lipinski definition) is 0. The fraction of sp³-hybridized carbons (Fsp3) is 0.0286. The molecule has 0 amide bonds. The zero-order valence-electron chi connectivity index (χ0n) is 21.4. The van der Waals surface area contributed by atoms with Gasteiger partial charge in [-0.3, -0.25) is 0 Å². The third kappa shape index (κ3) is 5.41. The van der Waals surface area contributed by atoms with Gasteiger partial charge in [-0.25, -0.2) is 0 Å². The Balaban J connectivity index is 1.41. The van der Waals surface area contributed by atoms with Gasteiger partial charge in [0.1, 0.15) is 11.4 Å². The molecule has 6 rings (SSSR count). The quantitative estimate of drug-likeness (QED) is 0.170. The predicted octanol–water partition coefficient (Wildman–Crippen LogP) is 7.57. The highest BCUT2D eigenvalue weighted by molar-refractivity contribution is 6.28. The number of fused-ring (bicyclic) bond motifs is 1. The van der Waals surface area contributed by atoms with Crippen LogP contribution in [0.1, 0.15) is 39.8 Å². The van der Waals surface area contributed by atoms with E-state index in [-0.39, 0.29) is 0 Å². The summed E-state index contributed by atoms with van der Waals surface area (Å²) >= 11 is 0. The summed E-state index contributed by atoms with van der Waals surface area (Å²) in [6, 6.07) is 48.9. The number of nitrogens with zero attached hydrogens (tertiary/aromatic N) is 4. The second-order valence-electron chi connectivity index (χ2n) is 9.18. The first-order chi connectivity index (χ1) is 19.4. The minimum absolute atomic E-state index is 0.556. The van der Waals surface area contributed by atoms with E-state index in [1.54, 1.807) is 0 Å². The fourth-order valence-corrected chi connectivity index (χ4v) is 4.68. The van der Waals surface area contributed by atoms with Gasteiger partial charge in [0.05, 0.1) is 11.4 Å². The van der Waals surface area contributed by atoms with Crippen molar-refractivity contribution >= 4 is 22.8 Å². The van der Waals surface area contributed by atoms with Crippen molar-refractivity contribution in [2.75, 3.05) is 0 Å². The van der Waals surface area contributed by atoms with Gasteiger partial charge in [-0.15, -0.1) is 10.2 Å². The van der Waals surface area contributed by atoms with E-state index in [4.69, 9.17) is 20.4 Å². The molecule has 0 aromatic heterocycles. The summed E-state index contributed by atoms with van der Waals surface area (Å²) < 4.78 is 0. The lowest BCUT2D eigenvalue weighted by molar-refractivity contribution is 1.20. The van der Waals surface area contributed by atoms with Gasteiger partial charge in [0.25, 0.3) is 0 Å². The van der Waals surface area contributed by atoms with E-state index in [0.717, 1.165) is 56.2 Å². The highest BCUT2D eigenvalue weighted by atomic mass is 15.2. The molecule has 4 nitrogen and oxygen atoms in total. The lowest BCUT2D eigenvalue weighted by atomic mass is 10.0. The Morgan fingerprint density at radius 3 is 0.949 bits per heavy atom. The number of hydrogen-bond acceptors (Lipinski definition) is 4. The molecule has 4 heteroatoms. The van der Waals surface area contributed by atoms with Crippen molar-refractivity contribution in [2.45, 2.75) is 6.42 Å². The summed E-state index contributed by atoms with van der Waals surface area (Å²) in [5, 5.41) is 19.1. The SMILES string of the molecule is c1ccc(C(=N/N=C2/C/C(=N\N=C(c3ccccc3)c3ccccc3)c3ccccc32)c2ccccc2)cc1. The monoisotopic (exact) mass is 502 g/mol. The summed E-state index contributed by atoms with van der Waals surface area (Å²) in [7, 11) is 0. The minimum atomic E-state index is 0.556. The maximum absolute atomic E-state index is 4.79. The van der Waals surface area contributed by atoms with Crippen molar-refractivity contribution in [2.24, 2.45) is 20.4 Å². The van der Waals surface area contributed by atoms with Crippen molar-refractivity contribution in [1.82, 2.24) is 0 Å². The van der Waals surface area contributed by atoms with E-state index in [1.165, 1.54) is 0 Å². The first-order valence-corrected chi connectivity index (χ1v) is 13.0. The van der Waals surface area contributed by atoms with Crippen LogP contribution in [-0.4, -0.2) is 22.8 Å². The average molecular weight is 503 g/mol. The molecule has 1 aliphatic carbocycles. The number of rotatable bonds is 6. The molecule has 0 bridgehead atoms. The molecule has 0 heterocycles. The molecule has 0 aliphatic heterocycles. The largest absolute Gasteiger partial charge is 0.154 e. The second kappa shape index (κ2) is 11.4. The van der Waals surface area contributed by atoms with E-state index < -0.39 is 0 Å². The van der Waals surface area contributed by atoms with Crippen molar-refractivity contribution in [1.29, 1.82) is 0 Å². The molecule has 5 aromatic rings. The molecular formula is C35H26N4. The molecule has 39 heavy (non-hydrogen) atoms. The summed E-state index contributed by atoms with van der Waals surface area (Å²) in [6.07, 6.45) is 0.556. The van der Waals surface area contributed by atoms with Crippen LogP contribution in [0.25, 0.3) is 0 Å². The van der Waals surface area contributed by atoms with Crippen LogP contribution in [0.15, 0.2) is 166 Å². The normalized spacial score (nSPS) is 14.2. The molecule has 0 saturated carbocycles. The molecule has 0 fully saturated rings. The van der Waals surface area contributed by atoms with E-state index in [2.05, 4.69) is 60.7 Å². The van der Waals surface area contributed by atoms with Gasteiger partial charge in [0, 0.05) is 39.8 Å². The molecule has 0 atom stereocenters. The van der Waals surface area contributed by atoms with Gasteiger partial charge in [-0.05, 0) is 0 Å². The van der Waals surface area contributed by atoms with Crippen LogP contribution in [0.3, 0.4) is 0 Å². The molecule has 0 spiro atoms. The maximum atomic E-state index is 4.79. The molecule has 0 radical (unpaired) electrons. The first kappa shape index (κ1) is 24.1. The Hall–Kier alpha value is -5.22. The van der Waals surface area contributed by atoms with Crippen LogP contribution in [-0.2, 0) is 0 Å². The van der Waals surface area contributed by atoms with Crippen LogP contribution in [0.2, 0.25) is 0 Å². The van der Waals surface area contributed by atoms with Crippen molar-refractivity contribution < 1.29 is 0 Å². The predicted molar refractivity (Wildman–Crippen MR) is 161 cm³/mol. The van der Waals surface area contributed by atoms with Gasteiger partial charge in [-0.1, -0.05) is 146 Å². The topological polar surface area (TPSA) is 49.4 Å². The summed E-state index contributed by atoms with van der Waals surface area (Å²) in [4.78, 5) is 0. The van der Waals surface area contributed by atoms with E-state index in [0.29, 0.717) is 6.42 Å². The van der Waals surface area contributed by atoms with Crippen LogP contribution in [0, 0.1) is 0 Å². The summed E-state index contributed by atoms with van der Waals surface area (Å²) in [5.74, 6) is 0. The molecule has 0 N–H and O–H groups in total. The Labute approximate surface area is 228 Å². The molecule has 1 aliphatic rings. The van der Waals surface area contributed by atoms with Gasteiger partial charge < -0.3 is 0 Å². The highest BCUT2D eigenvalue weighted by Crippen LogP contribution is 2.25. The average Bonchev–Trinajstić information content (AvgIpc) is 3.37. The fourth-order valence-electron chi connectivity index (χ4n) is 4.68. The van der Waals surface area contributed by atoms with Crippen molar-refractivity contribution in [3.05, 3.63) is 179 Å². The molecule has 0 unspecified atom stereocenters. The molecular weight excluding hydrogens is 476 g/mol. The Morgan fingerprint density at radius 1 is 0.359 bits per heavy atom. The van der Waals surface area contributed by atoms with Gasteiger partial charge in [0.2, 0.25) is 0 Å². The number of benzene rings is 5. The van der Waals surface area contributed by atoms with Crippen LogP contribution >= 0.6 is 0 Å². The van der Waals surface area contributed by atoms with Gasteiger partial charge >= 0.3 is 0 Å². The minimum Gasteiger partial charge on any atom is -0.154 e. The lowest BCUT2D eigenvalue weighted by Crippen LogP contribution is -2.04. The van der Waals surface area contributed by atoms with Crippen molar-refractivity contribution in [3.63, 3.8) is 0 Å². The van der Waals surface area contributed by atoms with Crippen LogP contribution < -0.4 is 0 Å². The van der Waals surface area contributed by atoms with E-state index in [9.17, 15) is 0 Å². The Morgan fingerprint density at radius 2 is 0.641 bits per heavy atom. The highest BCUT2D eigenvalue weighted by Gasteiger charge is 2.24. The molecule has 0 saturated heterocycles. The maximum Gasteiger partial charge on any atom is 0.100 e. The van der Waals surface area contributed by atoms with Gasteiger partial charge in [0.15, 0.2) is 0 Å². The van der Waals surface area contributed by atoms with E-state index in [1.807, 2.05) is 84.9 Å². The summed E-state index contributed by atoms with van der Waals surface area (Å²) in [6.45, 7) is 0. The Bertz CT molecular complexity index is 1470. The zero-order chi connectivity index (χ0) is 26.3. The molecule has 186 valence electrons.